The summed E-state index contributed by atoms with van der Waals surface area (Å²) in [6.07, 6.45) is 0.910. The SMILES string of the molecule is CCC(C#N)[Si](OC)(C(C)C)C(C)C. The highest BCUT2D eigenvalue weighted by molar-refractivity contribution is 6.78. The quantitative estimate of drug-likeness (QED) is 0.652. The van der Waals surface area contributed by atoms with Crippen LogP contribution >= 0.6 is 0 Å². The molecule has 0 spiro atoms. The number of rotatable bonds is 5. The van der Waals surface area contributed by atoms with Gasteiger partial charge in [-0.2, -0.15) is 5.26 Å². The summed E-state index contributed by atoms with van der Waals surface area (Å²) >= 11 is 0. The molecule has 0 rings (SSSR count). The minimum absolute atomic E-state index is 0.118. The van der Waals surface area contributed by atoms with Crippen molar-refractivity contribution in [3.63, 3.8) is 0 Å². The van der Waals surface area contributed by atoms with Gasteiger partial charge in [-0.05, 0) is 17.5 Å². The molecule has 1 atom stereocenters. The molecule has 0 bridgehead atoms. The van der Waals surface area contributed by atoms with Crippen LogP contribution in [0.5, 0.6) is 0 Å². The molecule has 0 aliphatic rings. The molecule has 0 aromatic heterocycles. The Morgan fingerprint density at radius 3 is 1.71 bits per heavy atom. The molecule has 0 aliphatic carbocycles. The Bertz CT molecular complexity index is 200. The lowest BCUT2D eigenvalue weighted by molar-refractivity contribution is 0.361. The molecule has 0 radical (unpaired) electrons. The lowest BCUT2D eigenvalue weighted by Gasteiger charge is -2.40. The summed E-state index contributed by atoms with van der Waals surface area (Å²) in [5.74, 6) is 0. The van der Waals surface area contributed by atoms with Gasteiger partial charge in [0.15, 0.2) is 0 Å². The van der Waals surface area contributed by atoms with Gasteiger partial charge in [0.2, 0.25) is 8.32 Å². The van der Waals surface area contributed by atoms with Gasteiger partial charge in [-0.1, -0.05) is 34.6 Å². The molecule has 0 saturated heterocycles. The van der Waals surface area contributed by atoms with Gasteiger partial charge in [0.1, 0.15) is 0 Å². The van der Waals surface area contributed by atoms with E-state index >= 15 is 0 Å². The van der Waals surface area contributed by atoms with Gasteiger partial charge in [0, 0.05) is 7.11 Å². The van der Waals surface area contributed by atoms with E-state index in [1.54, 1.807) is 7.11 Å². The zero-order chi connectivity index (χ0) is 11.4. The highest BCUT2D eigenvalue weighted by atomic mass is 28.4. The molecule has 0 N–H and O–H groups in total. The topological polar surface area (TPSA) is 33.0 Å². The predicted molar refractivity (Wildman–Crippen MR) is 62.6 cm³/mol. The van der Waals surface area contributed by atoms with Crippen molar-refractivity contribution in [1.29, 1.82) is 5.26 Å². The van der Waals surface area contributed by atoms with E-state index in [2.05, 4.69) is 40.7 Å². The molecule has 0 fully saturated rings. The summed E-state index contributed by atoms with van der Waals surface area (Å²) in [5.41, 5.74) is 1.11. The molecule has 82 valence electrons. The third-order valence-corrected chi connectivity index (χ3v) is 9.21. The largest absolute Gasteiger partial charge is 0.418 e. The van der Waals surface area contributed by atoms with E-state index in [0.717, 1.165) is 6.42 Å². The van der Waals surface area contributed by atoms with Crippen LogP contribution in [0.25, 0.3) is 0 Å². The maximum atomic E-state index is 9.20. The first-order valence-corrected chi connectivity index (χ1v) is 7.56. The first-order chi connectivity index (χ1) is 6.47. The number of nitrogens with zero attached hydrogens (tertiary/aromatic N) is 1. The third-order valence-electron chi connectivity index (χ3n) is 3.27. The highest BCUT2D eigenvalue weighted by Crippen LogP contribution is 2.43. The summed E-state index contributed by atoms with van der Waals surface area (Å²) in [6, 6.07) is 2.44. The summed E-state index contributed by atoms with van der Waals surface area (Å²) in [7, 11) is -0.131. The standard InChI is InChI=1S/C11H23NOSi/c1-7-11(8-12)14(13-6,9(2)3)10(4)5/h9-11H,7H2,1-6H3. The second-order valence-electron chi connectivity index (χ2n) is 4.46. The van der Waals surface area contributed by atoms with Crippen molar-refractivity contribution in [2.24, 2.45) is 0 Å². The van der Waals surface area contributed by atoms with E-state index in [4.69, 9.17) is 4.43 Å². The van der Waals surface area contributed by atoms with Gasteiger partial charge < -0.3 is 4.43 Å². The van der Waals surface area contributed by atoms with Gasteiger partial charge in [-0.3, -0.25) is 0 Å². The Hall–Kier alpha value is -0.333. The Morgan fingerprint density at radius 2 is 1.64 bits per heavy atom. The van der Waals surface area contributed by atoms with Crippen LogP contribution < -0.4 is 0 Å². The normalized spacial score (nSPS) is 14.5. The third kappa shape index (κ3) is 2.18. The van der Waals surface area contributed by atoms with Gasteiger partial charge >= 0.3 is 0 Å². The summed E-state index contributed by atoms with van der Waals surface area (Å²) in [4.78, 5) is 0. The molecule has 0 saturated carbocycles. The maximum Gasteiger partial charge on any atom is 0.214 e. The molecule has 0 aromatic carbocycles. The van der Waals surface area contributed by atoms with Crippen LogP contribution in [0.15, 0.2) is 0 Å². The van der Waals surface area contributed by atoms with Crippen LogP contribution in [-0.2, 0) is 4.43 Å². The first kappa shape index (κ1) is 13.7. The van der Waals surface area contributed by atoms with Gasteiger partial charge in [0.05, 0.1) is 11.6 Å². The summed E-state index contributed by atoms with van der Waals surface area (Å²) < 4.78 is 5.82. The lowest BCUT2D eigenvalue weighted by atomic mass is 10.4. The second kappa shape index (κ2) is 5.52. The van der Waals surface area contributed by atoms with Crippen LogP contribution in [0.1, 0.15) is 41.0 Å². The molecule has 0 aliphatic heterocycles. The smallest absolute Gasteiger partial charge is 0.214 e. The van der Waals surface area contributed by atoms with Gasteiger partial charge in [-0.25, -0.2) is 0 Å². The van der Waals surface area contributed by atoms with Crippen LogP contribution in [0.2, 0.25) is 16.6 Å². The van der Waals surface area contributed by atoms with Crippen molar-refractivity contribution in [2.45, 2.75) is 57.7 Å². The van der Waals surface area contributed by atoms with Gasteiger partial charge in [0.25, 0.3) is 0 Å². The maximum absolute atomic E-state index is 9.20. The fourth-order valence-corrected chi connectivity index (χ4v) is 7.61. The zero-order valence-corrected chi connectivity index (χ0v) is 11.3. The lowest BCUT2D eigenvalue weighted by Crippen LogP contribution is -2.47. The summed E-state index contributed by atoms with van der Waals surface area (Å²) in [5, 5.41) is 9.20. The highest BCUT2D eigenvalue weighted by Gasteiger charge is 2.47. The van der Waals surface area contributed by atoms with Crippen molar-refractivity contribution < 1.29 is 4.43 Å². The van der Waals surface area contributed by atoms with E-state index in [1.165, 1.54) is 0 Å². The number of hydrogen-bond donors (Lipinski definition) is 0. The van der Waals surface area contributed by atoms with Crippen LogP contribution in [0.3, 0.4) is 0 Å². The van der Waals surface area contributed by atoms with E-state index in [9.17, 15) is 5.26 Å². The van der Waals surface area contributed by atoms with E-state index in [0.29, 0.717) is 11.1 Å². The first-order valence-electron chi connectivity index (χ1n) is 5.42. The minimum Gasteiger partial charge on any atom is -0.418 e. The van der Waals surface area contributed by atoms with Crippen molar-refractivity contribution in [3.05, 3.63) is 0 Å². The average molecular weight is 213 g/mol. The Balaban J connectivity index is 5.14. The monoisotopic (exact) mass is 213 g/mol. The second-order valence-corrected chi connectivity index (χ2v) is 9.58. The molecule has 14 heavy (non-hydrogen) atoms. The fourth-order valence-electron chi connectivity index (χ4n) is 2.60. The summed E-state index contributed by atoms with van der Waals surface area (Å²) in [6.45, 7) is 10.8. The van der Waals surface area contributed by atoms with Crippen LogP contribution in [0.4, 0.5) is 0 Å². The molecule has 0 heterocycles. The molecule has 0 aromatic rings. The molecule has 2 nitrogen and oxygen atoms in total. The van der Waals surface area contributed by atoms with E-state index in [-0.39, 0.29) is 5.54 Å². The average Bonchev–Trinajstić information content (AvgIpc) is 2.12. The van der Waals surface area contributed by atoms with Crippen molar-refractivity contribution in [2.75, 3.05) is 7.11 Å². The molecule has 1 unspecified atom stereocenters. The van der Waals surface area contributed by atoms with Gasteiger partial charge in [-0.15, -0.1) is 0 Å². The Morgan fingerprint density at radius 1 is 1.21 bits per heavy atom. The number of nitriles is 1. The van der Waals surface area contributed by atoms with Crippen molar-refractivity contribution in [3.8, 4) is 6.07 Å². The van der Waals surface area contributed by atoms with Crippen molar-refractivity contribution >= 4 is 8.32 Å². The minimum atomic E-state index is -1.91. The molecular weight excluding hydrogens is 190 g/mol. The van der Waals surface area contributed by atoms with Crippen LogP contribution in [-0.4, -0.2) is 15.4 Å². The van der Waals surface area contributed by atoms with E-state index < -0.39 is 8.32 Å². The Labute approximate surface area is 89.4 Å². The fraction of sp³-hybridized carbons (Fsp3) is 0.909. The molecule has 0 amide bonds. The zero-order valence-electron chi connectivity index (χ0n) is 10.3. The molecule has 3 heteroatoms. The molecular formula is C11H23NOSi. The van der Waals surface area contributed by atoms with Crippen molar-refractivity contribution in [1.82, 2.24) is 0 Å². The number of hydrogen-bond acceptors (Lipinski definition) is 2. The Kier molecular flexibility index (Phi) is 5.39. The van der Waals surface area contributed by atoms with E-state index in [1.807, 2.05) is 0 Å². The van der Waals surface area contributed by atoms with Crippen LogP contribution in [0, 0.1) is 11.3 Å². The predicted octanol–water partition coefficient (Wildman–Crippen LogP) is 3.70.